The van der Waals surface area contributed by atoms with Crippen LogP contribution in [0.4, 0.5) is 0 Å². The minimum Gasteiger partial charge on any atom is -0.347 e. The maximum Gasteiger partial charge on any atom is 0.220 e. The van der Waals surface area contributed by atoms with E-state index in [0.717, 1.165) is 11.4 Å². The van der Waals surface area contributed by atoms with Gasteiger partial charge in [-0.25, -0.2) is 4.98 Å². The predicted octanol–water partition coefficient (Wildman–Crippen LogP) is 2.43. The number of nitrogens with one attached hydrogen (secondary N) is 1. The number of amides is 1. The van der Waals surface area contributed by atoms with Gasteiger partial charge in [0.1, 0.15) is 5.01 Å². The lowest BCUT2D eigenvalue weighted by atomic mass is 10.3. The van der Waals surface area contributed by atoms with Gasteiger partial charge < -0.3 is 5.32 Å². The molecule has 0 aliphatic carbocycles. The number of thiazole rings is 1. The molecule has 1 unspecified atom stereocenters. The number of carbonyl (C=O) groups is 1. The molecule has 0 saturated carbocycles. The summed E-state index contributed by atoms with van der Waals surface area (Å²) in [6, 6.07) is 0.0350. The van der Waals surface area contributed by atoms with Gasteiger partial charge in [0.2, 0.25) is 5.91 Å². The summed E-state index contributed by atoms with van der Waals surface area (Å²) < 4.78 is 0. The van der Waals surface area contributed by atoms with Gasteiger partial charge in [0.15, 0.2) is 0 Å². The van der Waals surface area contributed by atoms with E-state index in [1.165, 1.54) is 4.88 Å². The van der Waals surface area contributed by atoms with Crippen molar-refractivity contribution >= 4 is 17.2 Å². The number of nitrogens with zero attached hydrogens (tertiary/aromatic N) is 1. The summed E-state index contributed by atoms with van der Waals surface area (Å²) in [5, 5.41) is 3.90. The maximum atomic E-state index is 11.3. The summed E-state index contributed by atoms with van der Waals surface area (Å²) in [6.45, 7) is 5.98. The molecule has 1 N–H and O–H groups in total. The summed E-state index contributed by atoms with van der Waals surface area (Å²) in [4.78, 5) is 16.7. The largest absolute Gasteiger partial charge is 0.347 e. The third kappa shape index (κ3) is 3.10. The van der Waals surface area contributed by atoms with Crippen LogP contribution in [0, 0.1) is 6.92 Å². The minimum absolute atomic E-state index is 0.0350. The zero-order chi connectivity index (χ0) is 10.6. The van der Waals surface area contributed by atoms with E-state index in [0.29, 0.717) is 6.42 Å². The van der Waals surface area contributed by atoms with Gasteiger partial charge in [0, 0.05) is 17.5 Å². The fraction of sp³-hybridized carbons (Fsp3) is 0.600. The van der Waals surface area contributed by atoms with Crippen molar-refractivity contribution in [1.82, 2.24) is 10.3 Å². The normalized spacial score (nSPS) is 12.5. The molecule has 0 fully saturated rings. The van der Waals surface area contributed by atoms with Crippen molar-refractivity contribution < 1.29 is 4.79 Å². The van der Waals surface area contributed by atoms with Crippen LogP contribution in [0.25, 0.3) is 0 Å². The summed E-state index contributed by atoms with van der Waals surface area (Å²) in [6.07, 6.45) is 3.31. The smallest absolute Gasteiger partial charge is 0.220 e. The number of hydrogen-bond donors (Lipinski definition) is 1. The topological polar surface area (TPSA) is 42.0 Å². The Kier molecular flexibility index (Phi) is 4.07. The van der Waals surface area contributed by atoms with E-state index in [2.05, 4.69) is 10.3 Å². The zero-order valence-electron chi connectivity index (χ0n) is 8.83. The van der Waals surface area contributed by atoms with Crippen molar-refractivity contribution in [3.8, 4) is 0 Å². The Bertz CT molecular complexity index is 309. The second-order valence-corrected chi connectivity index (χ2v) is 4.61. The Hall–Kier alpha value is -0.900. The Balaban J connectivity index is 2.50. The number of carbonyl (C=O) groups excluding carboxylic acids is 1. The third-order valence-corrected chi connectivity index (χ3v) is 2.96. The average molecular weight is 212 g/mol. The Labute approximate surface area is 88.6 Å². The molecule has 1 heterocycles. The van der Waals surface area contributed by atoms with Crippen LogP contribution >= 0.6 is 11.3 Å². The van der Waals surface area contributed by atoms with Gasteiger partial charge in [-0.15, -0.1) is 11.3 Å². The van der Waals surface area contributed by atoms with E-state index in [9.17, 15) is 4.79 Å². The Morgan fingerprint density at radius 1 is 1.71 bits per heavy atom. The number of aromatic nitrogens is 1. The molecule has 0 aromatic carbocycles. The molecular weight excluding hydrogens is 196 g/mol. The molecule has 0 aliphatic rings. The molecule has 14 heavy (non-hydrogen) atoms. The highest BCUT2D eigenvalue weighted by atomic mass is 32.1. The van der Waals surface area contributed by atoms with Crippen molar-refractivity contribution in [2.45, 2.75) is 39.7 Å². The molecule has 1 amide bonds. The molecular formula is C10H16N2OS. The molecule has 0 aliphatic heterocycles. The van der Waals surface area contributed by atoms with Crippen LogP contribution in [-0.2, 0) is 4.79 Å². The van der Waals surface area contributed by atoms with Crippen molar-refractivity contribution in [1.29, 1.82) is 0 Å². The first-order chi connectivity index (χ1) is 6.63. The lowest BCUT2D eigenvalue weighted by Crippen LogP contribution is -2.25. The lowest BCUT2D eigenvalue weighted by molar-refractivity contribution is -0.121. The van der Waals surface area contributed by atoms with Crippen molar-refractivity contribution in [2.75, 3.05) is 0 Å². The fourth-order valence-corrected chi connectivity index (χ4v) is 1.95. The second kappa shape index (κ2) is 5.10. The van der Waals surface area contributed by atoms with Crippen LogP contribution in [0.5, 0.6) is 0 Å². The summed E-state index contributed by atoms with van der Waals surface area (Å²) in [7, 11) is 0. The molecule has 1 atom stereocenters. The van der Waals surface area contributed by atoms with E-state index >= 15 is 0 Å². The quantitative estimate of drug-likeness (QED) is 0.833. The molecule has 1 rings (SSSR count). The fourth-order valence-electron chi connectivity index (χ4n) is 1.17. The van der Waals surface area contributed by atoms with Gasteiger partial charge >= 0.3 is 0 Å². The standard InChI is InChI=1S/C10H16N2OS/c1-4-5-9(13)12-8(3)10-11-6-7(2)14-10/h6,8H,4-5H2,1-3H3,(H,12,13). The monoisotopic (exact) mass is 212 g/mol. The molecule has 1 aromatic heterocycles. The van der Waals surface area contributed by atoms with Crippen LogP contribution in [0.1, 0.15) is 42.6 Å². The summed E-state index contributed by atoms with van der Waals surface area (Å²) in [5.41, 5.74) is 0. The van der Waals surface area contributed by atoms with Gasteiger partial charge in [-0.05, 0) is 20.3 Å². The summed E-state index contributed by atoms with van der Waals surface area (Å²) in [5.74, 6) is 0.104. The van der Waals surface area contributed by atoms with Crippen LogP contribution in [0.15, 0.2) is 6.20 Å². The molecule has 0 saturated heterocycles. The van der Waals surface area contributed by atoms with Gasteiger partial charge in [0.05, 0.1) is 6.04 Å². The van der Waals surface area contributed by atoms with Crippen LogP contribution < -0.4 is 5.32 Å². The Morgan fingerprint density at radius 3 is 2.93 bits per heavy atom. The highest BCUT2D eigenvalue weighted by Gasteiger charge is 2.11. The molecule has 3 nitrogen and oxygen atoms in total. The zero-order valence-corrected chi connectivity index (χ0v) is 9.65. The highest BCUT2D eigenvalue weighted by molar-refractivity contribution is 7.11. The predicted molar refractivity (Wildman–Crippen MR) is 58.3 cm³/mol. The van der Waals surface area contributed by atoms with Crippen molar-refractivity contribution in [3.05, 3.63) is 16.1 Å². The van der Waals surface area contributed by atoms with E-state index < -0.39 is 0 Å². The van der Waals surface area contributed by atoms with Crippen molar-refractivity contribution in [3.63, 3.8) is 0 Å². The first-order valence-electron chi connectivity index (χ1n) is 4.85. The first-order valence-corrected chi connectivity index (χ1v) is 5.66. The highest BCUT2D eigenvalue weighted by Crippen LogP contribution is 2.18. The van der Waals surface area contributed by atoms with Crippen molar-refractivity contribution in [2.24, 2.45) is 0 Å². The first kappa shape index (κ1) is 11.2. The molecule has 0 radical (unpaired) electrons. The van der Waals surface area contributed by atoms with Gasteiger partial charge in [-0.2, -0.15) is 0 Å². The van der Waals surface area contributed by atoms with Crippen LogP contribution in [0.3, 0.4) is 0 Å². The maximum absolute atomic E-state index is 11.3. The van der Waals surface area contributed by atoms with Gasteiger partial charge in [0.25, 0.3) is 0 Å². The second-order valence-electron chi connectivity index (χ2n) is 3.35. The average Bonchev–Trinajstić information content (AvgIpc) is 2.52. The van der Waals surface area contributed by atoms with Gasteiger partial charge in [-0.1, -0.05) is 6.92 Å². The Morgan fingerprint density at radius 2 is 2.43 bits per heavy atom. The van der Waals surface area contributed by atoms with E-state index in [-0.39, 0.29) is 11.9 Å². The van der Waals surface area contributed by atoms with Crippen LogP contribution in [0.2, 0.25) is 0 Å². The minimum atomic E-state index is 0.0350. The van der Waals surface area contributed by atoms with E-state index in [1.807, 2.05) is 27.0 Å². The molecule has 0 spiro atoms. The lowest BCUT2D eigenvalue weighted by Gasteiger charge is -2.10. The van der Waals surface area contributed by atoms with Crippen LogP contribution in [-0.4, -0.2) is 10.9 Å². The molecule has 4 heteroatoms. The molecule has 0 bridgehead atoms. The van der Waals surface area contributed by atoms with E-state index in [1.54, 1.807) is 11.3 Å². The molecule has 1 aromatic rings. The number of aryl methyl sites for hydroxylation is 1. The van der Waals surface area contributed by atoms with Gasteiger partial charge in [-0.3, -0.25) is 4.79 Å². The summed E-state index contributed by atoms with van der Waals surface area (Å²) >= 11 is 1.63. The SMILES string of the molecule is CCCC(=O)NC(C)c1ncc(C)s1. The third-order valence-electron chi connectivity index (χ3n) is 1.86. The van der Waals surface area contributed by atoms with E-state index in [4.69, 9.17) is 0 Å². The number of rotatable bonds is 4. The molecule has 78 valence electrons. The number of hydrogen-bond acceptors (Lipinski definition) is 3.